The van der Waals surface area contributed by atoms with Crippen LogP contribution in [0.15, 0.2) is 12.7 Å². The minimum absolute atomic E-state index is 0.128. The third kappa shape index (κ3) is 2.07. The van der Waals surface area contributed by atoms with Crippen molar-refractivity contribution in [2.24, 2.45) is 5.92 Å². The highest BCUT2D eigenvalue weighted by molar-refractivity contribution is 5.84. The molecule has 1 aliphatic rings. The SMILES string of the molecule is CC(C)(C(=O)N1CCC(C(=O)O)C1)n1cncn1. The van der Waals surface area contributed by atoms with E-state index in [-0.39, 0.29) is 12.5 Å². The molecule has 7 heteroatoms. The number of carbonyl (C=O) groups is 2. The molecule has 0 aliphatic carbocycles. The van der Waals surface area contributed by atoms with Crippen LogP contribution in [0.4, 0.5) is 0 Å². The number of hydrogen-bond donors (Lipinski definition) is 1. The molecule has 0 aromatic carbocycles. The van der Waals surface area contributed by atoms with Crippen LogP contribution in [0.25, 0.3) is 0 Å². The summed E-state index contributed by atoms with van der Waals surface area (Å²) in [5, 5.41) is 12.9. The number of carboxylic acids is 1. The Morgan fingerprint density at radius 3 is 2.67 bits per heavy atom. The average Bonchev–Trinajstić information content (AvgIpc) is 2.99. The molecule has 98 valence electrons. The van der Waals surface area contributed by atoms with Crippen LogP contribution in [0.1, 0.15) is 20.3 Å². The molecule has 2 heterocycles. The predicted molar refractivity (Wildman–Crippen MR) is 61.7 cm³/mol. The molecule has 0 bridgehead atoms. The van der Waals surface area contributed by atoms with Crippen molar-refractivity contribution in [1.29, 1.82) is 0 Å². The molecule has 0 spiro atoms. The van der Waals surface area contributed by atoms with Gasteiger partial charge in [0.1, 0.15) is 18.2 Å². The summed E-state index contributed by atoms with van der Waals surface area (Å²) in [7, 11) is 0. The summed E-state index contributed by atoms with van der Waals surface area (Å²) in [5.74, 6) is -1.43. The number of carboxylic acid groups (broad SMARTS) is 1. The first-order valence-corrected chi connectivity index (χ1v) is 5.80. The van der Waals surface area contributed by atoms with E-state index < -0.39 is 17.4 Å². The number of amides is 1. The summed E-state index contributed by atoms with van der Waals surface area (Å²) < 4.78 is 1.49. The highest BCUT2D eigenvalue weighted by Gasteiger charge is 2.39. The maximum atomic E-state index is 12.4. The standard InChI is InChI=1S/C11H16N4O3/c1-11(2,15-7-12-6-13-15)10(18)14-4-3-8(5-14)9(16)17/h6-8H,3-5H2,1-2H3,(H,16,17). The van der Waals surface area contributed by atoms with Gasteiger partial charge in [0, 0.05) is 13.1 Å². The Bertz CT molecular complexity index is 455. The van der Waals surface area contributed by atoms with Gasteiger partial charge in [0.25, 0.3) is 0 Å². The van der Waals surface area contributed by atoms with Crippen molar-refractivity contribution in [3.63, 3.8) is 0 Å². The van der Waals surface area contributed by atoms with Crippen molar-refractivity contribution in [3.05, 3.63) is 12.7 Å². The van der Waals surface area contributed by atoms with Crippen molar-refractivity contribution in [3.8, 4) is 0 Å². The molecule has 1 fully saturated rings. The van der Waals surface area contributed by atoms with Crippen LogP contribution in [0.2, 0.25) is 0 Å². The second-order valence-corrected chi connectivity index (χ2v) is 4.97. The second kappa shape index (κ2) is 4.40. The number of carbonyl (C=O) groups excluding carboxylic acids is 1. The van der Waals surface area contributed by atoms with Gasteiger partial charge in [-0.1, -0.05) is 0 Å². The molecule has 1 amide bonds. The van der Waals surface area contributed by atoms with Gasteiger partial charge in [-0.3, -0.25) is 9.59 Å². The molecule has 1 unspecified atom stereocenters. The molecule has 1 aromatic heterocycles. The zero-order chi connectivity index (χ0) is 13.3. The molecule has 7 nitrogen and oxygen atoms in total. The smallest absolute Gasteiger partial charge is 0.308 e. The fraction of sp³-hybridized carbons (Fsp3) is 0.636. The largest absolute Gasteiger partial charge is 0.481 e. The first-order valence-electron chi connectivity index (χ1n) is 5.80. The van der Waals surface area contributed by atoms with Gasteiger partial charge in [0.15, 0.2) is 0 Å². The Kier molecular flexibility index (Phi) is 3.06. The molecular weight excluding hydrogens is 236 g/mol. The van der Waals surface area contributed by atoms with Gasteiger partial charge < -0.3 is 10.0 Å². The van der Waals surface area contributed by atoms with Crippen LogP contribution in [0.3, 0.4) is 0 Å². The van der Waals surface area contributed by atoms with Crippen molar-refractivity contribution < 1.29 is 14.7 Å². The van der Waals surface area contributed by atoms with E-state index >= 15 is 0 Å². The Morgan fingerprint density at radius 2 is 2.17 bits per heavy atom. The highest BCUT2D eigenvalue weighted by Crippen LogP contribution is 2.23. The number of aliphatic carboxylic acids is 1. The van der Waals surface area contributed by atoms with E-state index in [0.29, 0.717) is 13.0 Å². The summed E-state index contributed by atoms with van der Waals surface area (Å²) in [6.45, 7) is 4.25. The normalized spacial score (nSPS) is 20.1. The monoisotopic (exact) mass is 252 g/mol. The number of aromatic nitrogens is 3. The first kappa shape index (κ1) is 12.5. The zero-order valence-corrected chi connectivity index (χ0v) is 10.4. The number of hydrogen-bond acceptors (Lipinski definition) is 4. The topological polar surface area (TPSA) is 88.3 Å². The van der Waals surface area contributed by atoms with E-state index in [4.69, 9.17) is 5.11 Å². The third-order valence-electron chi connectivity index (χ3n) is 3.34. The number of nitrogens with zero attached hydrogens (tertiary/aromatic N) is 4. The van der Waals surface area contributed by atoms with Crippen molar-refractivity contribution >= 4 is 11.9 Å². The number of rotatable bonds is 3. The zero-order valence-electron chi connectivity index (χ0n) is 10.4. The molecule has 1 aromatic rings. The average molecular weight is 252 g/mol. The van der Waals surface area contributed by atoms with Gasteiger partial charge >= 0.3 is 5.97 Å². The second-order valence-electron chi connectivity index (χ2n) is 4.97. The lowest BCUT2D eigenvalue weighted by atomic mass is 10.0. The fourth-order valence-corrected chi connectivity index (χ4v) is 2.13. The summed E-state index contributed by atoms with van der Waals surface area (Å²) in [6, 6.07) is 0. The summed E-state index contributed by atoms with van der Waals surface area (Å²) in [6.07, 6.45) is 3.37. The molecule has 1 N–H and O–H groups in total. The van der Waals surface area contributed by atoms with E-state index in [0.717, 1.165) is 0 Å². The number of likely N-dealkylation sites (tertiary alicyclic amines) is 1. The van der Waals surface area contributed by atoms with Gasteiger partial charge in [0.05, 0.1) is 5.92 Å². The molecule has 1 saturated heterocycles. The summed E-state index contributed by atoms with van der Waals surface area (Å²) in [5.41, 5.74) is -0.843. The summed E-state index contributed by atoms with van der Waals surface area (Å²) >= 11 is 0. The molecule has 18 heavy (non-hydrogen) atoms. The maximum Gasteiger partial charge on any atom is 0.308 e. The third-order valence-corrected chi connectivity index (χ3v) is 3.34. The van der Waals surface area contributed by atoms with Crippen molar-refractivity contribution in [1.82, 2.24) is 19.7 Å². The van der Waals surface area contributed by atoms with Gasteiger partial charge in [0.2, 0.25) is 5.91 Å². The van der Waals surface area contributed by atoms with Crippen LogP contribution >= 0.6 is 0 Å². The molecule has 1 atom stereocenters. The lowest BCUT2D eigenvalue weighted by molar-refractivity contribution is -0.142. The minimum atomic E-state index is -0.844. The van der Waals surface area contributed by atoms with Gasteiger partial charge in [-0.15, -0.1) is 0 Å². The predicted octanol–water partition coefficient (Wildman–Crippen LogP) is -0.0537. The van der Waals surface area contributed by atoms with Crippen LogP contribution in [-0.2, 0) is 15.1 Å². The quantitative estimate of drug-likeness (QED) is 0.814. The van der Waals surface area contributed by atoms with E-state index in [1.54, 1.807) is 18.7 Å². The summed E-state index contributed by atoms with van der Waals surface area (Å²) in [4.78, 5) is 28.7. The van der Waals surface area contributed by atoms with Crippen LogP contribution in [-0.4, -0.2) is 49.7 Å². The van der Waals surface area contributed by atoms with Crippen LogP contribution in [0, 0.1) is 5.92 Å². The van der Waals surface area contributed by atoms with E-state index in [1.807, 2.05) is 0 Å². The minimum Gasteiger partial charge on any atom is -0.481 e. The molecule has 2 rings (SSSR count). The van der Waals surface area contributed by atoms with E-state index in [2.05, 4.69) is 10.1 Å². The molecule has 0 radical (unpaired) electrons. The van der Waals surface area contributed by atoms with Gasteiger partial charge in [-0.25, -0.2) is 9.67 Å². The fourth-order valence-electron chi connectivity index (χ4n) is 2.13. The van der Waals surface area contributed by atoms with E-state index in [9.17, 15) is 9.59 Å². The lowest BCUT2D eigenvalue weighted by Gasteiger charge is -2.29. The Hall–Kier alpha value is -1.92. The Morgan fingerprint density at radius 1 is 1.44 bits per heavy atom. The highest BCUT2D eigenvalue weighted by atomic mass is 16.4. The van der Waals surface area contributed by atoms with Gasteiger partial charge in [-0.05, 0) is 20.3 Å². The van der Waals surface area contributed by atoms with Crippen LogP contribution < -0.4 is 0 Å². The lowest BCUT2D eigenvalue weighted by Crippen LogP contribution is -2.46. The molecule has 0 saturated carbocycles. The molecule has 1 aliphatic heterocycles. The van der Waals surface area contributed by atoms with E-state index in [1.165, 1.54) is 17.3 Å². The van der Waals surface area contributed by atoms with Crippen molar-refractivity contribution in [2.75, 3.05) is 13.1 Å². The molecular formula is C11H16N4O3. The Labute approximate surface area is 104 Å². The van der Waals surface area contributed by atoms with Crippen LogP contribution in [0.5, 0.6) is 0 Å². The Balaban J connectivity index is 2.11. The van der Waals surface area contributed by atoms with Gasteiger partial charge in [-0.2, -0.15) is 5.10 Å². The maximum absolute atomic E-state index is 12.4. The van der Waals surface area contributed by atoms with Crippen molar-refractivity contribution in [2.45, 2.75) is 25.8 Å². The first-order chi connectivity index (χ1) is 8.43.